The smallest absolute Gasteiger partial charge is 0.344 e. The summed E-state index contributed by atoms with van der Waals surface area (Å²) >= 11 is 5.98. The highest BCUT2D eigenvalue weighted by atomic mass is 35.5. The van der Waals surface area contributed by atoms with Gasteiger partial charge in [-0.05, 0) is 42.5 Å². The molecule has 0 radical (unpaired) electrons. The minimum absolute atomic E-state index is 0.200. The lowest BCUT2D eigenvalue weighted by Crippen LogP contribution is -2.13. The van der Waals surface area contributed by atoms with Crippen molar-refractivity contribution in [3.05, 3.63) is 70.9 Å². The van der Waals surface area contributed by atoms with Gasteiger partial charge in [0.2, 0.25) is 5.88 Å². The fourth-order valence-electron chi connectivity index (χ4n) is 2.47. The number of carbonyl (C=O) groups is 1. The molecular formula is C21H21ClN2O3. The Morgan fingerprint density at radius 2 is 1.78 bits per heavy atom. The third-order valence-electron chi connectivity index (χ3n) is 4.02. The van der Waals surface area contributed by atoms with Gasteiger partial charge >= 0.3 is 5.97 Å². The lowest BCUT2D eigenvalue weighted by atomic mass is 9.93. The van der Waals surface area contributed by atoms with Crippen LogP contribution < -0.4 is 9.47 Å². The molecule has 0 bridgehead atoms. The van der Waals surface area contributed by atoms with E-state index in [4.69, 9.17) is 21.1 Å². The second-order valence-corrected chi connectivity index (χ2v) is 7.56. The maximum absolute atomic E-state index is 12.6. The third-order valence-corrected chi connectivity index (χ3v) is 4.27. The number of esters is 1. The standard InChI is InChI=1S/C21H21ClN2O3/c1-21(2,3)18-13-19(24(23-18)16-10-8-15(22)9-11-16)27-20(25)14-6-5-7-17(12-14)26-4/h5-13H,1-4H3. The van der Waals surface area contributed by atoms with Crippen molar-refractivity contribution < 1.29 is 14.3 Å². The van der Waals surface area contributed by atoms with Crippen LogP contribution in [0.15, 0.2) is 54.6 Å². The Bertz CT molecular complexity index is 956. The van der Waals surface area contributed by atoms with Crippen LogP contribution in [-0.2, 0) is 5.41 Å². The van der Waals surface area contributed by atoms with Crippen molar-refractivity contribution in [3.8, 4) is 17.3 Å². The summed E-state index contributed by atoms with van der Waals surface area (Å²) in [7, 11) is 1.55. The lowest BCUT2D eigenvalue weighted by Gasteiger charge is -2.13. The minimum Gasteiger partial charge on any atom is -0.497 e. The summed E-state index contributed by atoms with van der Waals surface area (Å²) in [5, 5.41) is 5.26. The van der Waals surface area contributed by atoms with Crippen LogP contribution in [0.3, 0.4) is 0 Å². The lowest BCUT2D eigenvalue weighted by molar-refractivity contribution is 0.0722. The summed E-state index contributed by atoms with van der Waals surface area (Å²) in [6, 6.07) is 15.8. The summed E-state index contributed by atoms with van der Waals surface area (Å²) in [6.07, 6.45) is 0. The molecule has 0 aliphatic heterocycles. The first-order valence-electron chi connectivity index (χ1n) is 8.50. The van der Waals surface area contributed by atoms with Gasteiger partial charge in [-0.1, -0.05) is 38.4 Å². The summed E-state index contributed by atoms with van der Waals surface area (Å²) in [5.74, 6) is 0.450. The largest absolute Gasteiger partial charge is 0.497 e. The molecule has 0 aliphatic carbocycles. The van der Waals surface area contributed by atoms with Crippen LogP contribution in [0.5, 0.6) is 11.6 Å². The highest BCUT2D eigenvalue weighted by Gasteiger charge is 2.23. The summed E-state index contributed by atoms with van der Waals surface area (Å²) in [6.45, 7) is 6.15. The van der Waals surface area contributed by atoms with E-state index in [0.717, 1.165) is 11.4 Å². The number of hydrogen-bond donors (Lipinski definition) is 0. The number of methoxy groups -OCH3 is 1. The number of halogens is 1. The predicted molar refractivity (Wildman–Crippen MR) is 105 cm³/mol. The van der Waals surface area contributed by atoms with Crippen molar-refractivity contribution in [2.24, 2.45) is 0 Å². The van der Waals surface area contributed by atoms with Crippen molar-refractivity contribution in [2.75, 3.05) is 7.11 Å². The van der Waals surface area contributed by atoms with Gasteiger partial charge in [0.15, 0.2) is 0 Å². The van der Waals surface area contributed by atoms with Crippen LogP contribution in [-0.4, -0.2) is 22.9 Å². The van der Waals surface area contributed by atoms with Crippen LogP contribution in [0.25, 0.3) is 5.69 Å². The second kappa shape index (κ2) is 7.45. The van der Waals surface area contributed by atoms with Gasteiger partial charge < -0.3 is 9.47 Å². The van der Waals surface area contributed by atoms with Gasteiger partial charge in [-0.3, -0.25) is 0 Å². The Morgan fingerprint density at radius 1 is 1.07 bits per heavy atom. The fraction of sp³-hybridized carbons (Fsp3) is 0.238. The molecule has 3 aromatic rings. The van der Waals surface area contributed by atoms with Gasteiger partial charge in [0.05, 0.1) is 24.1 Å². The van der Waals surface area contributed by atoms with Crippen molar-refractivity contribution in [1.82, 2.24) is 9.78 Å². The molecular weight excluding hydrogens is 364 g/mol. The van der Waals surface area contributed by atoms with Gasteiger partial charge in [0.1, 0.15) is 5.75 Å². The normalized spacial score (nSPS) is 11.3. The van der Waals surface area contributed by atoms with Crippen molar-refractivity contribution >= 4 is 17.6 Å². The Hall–Kier alpha value is -2.79. The monoisotopic (exact) mass is 384 g/mol. The van der Waals surface area contributed by atoms with Crippen molar-refractivity contribution in [1.29, 1.82) is 0 Å². The van der Waals surface area contributed by atoms with Gasteiger partial charge in [-0.25, -0.2) is 9.48 Å². The molecule has 0 amide bonds. The molecule has 0 aliphatic rings. The molecule has 0 fully saturated rings. The molecule has 0 spiro atoms. The van der Waals surface area contributed by atoms with Crippen LogP contribution in [0, 0.1) is 0 Å². The van der Waals surface area contributed by atoms with Crippen LogP contribution in [0.1, 0.15) is 36.8 Å². The Labute approximate surface area is 163 Å². The molecule has 0 unspecified atom stereocenters. The first kappa shape index (κ1) is 19.0. The quantitative estimate of drug-likeness (QED) is 0.590. The number of aromatic nitrogens is 2. The summed E-state index contributed by atoms with van der Waals surface area (Å²) < 4.78 is 12.4. The molecule has 1 aromatic heterocycles. The molecule has 2 aromatic carbocycles. The van der Waals surface area contributed by atoms with E-state index in [1.54, 1.807) is 54.3 Å². The number of hydrogen-bond acceptors (Lipinski definition) is 4. The number of rotatable bonds is 4. The zero-order chi connectivity index (χ0) is 19.6. The molecule has 1 heterocycles. The molecule has 0 saturated carbocycles. The van der Waals surface area contributed by atoms with Crippen molar-refractivity contribution in [2.45, 2.75) is 26.2 Å². The predicted octanol–water partition coefficient (Wildman–Crippen LogP) is 5.05. The molecule has 3 rings (SSSR count). The first-order valence-corrected chi connectivity index (χ1v) is 8.88. The Kier molecular flexibility index (Phi) is 5.24. The van der Waals surface area contributed by atoms with E-state index < -0.39 is 5.97 Å². The number of carbonyl (C=O) groups excluding carboxylic acids is 1. The number of benzene rings is 2. The molecule has 140 valence electrons. The van der Waals surface area contributed by atoms with E-state index in [1.807, 2.05) is 12.1 Å². The van der Waals surface area contributed by atoms with Gasteiger partial charge in [-0.15, -0.1) is 0 Å². The van der Waals surface area contributed by atoms with Gasteiger partial charge in [0, 0.05) is 16.5 Å². The SMILES string of the molecule is COc1cccc(C(=O)Oc2cc(C(C)(C)C)nn2-c2ccc(Cl)cc2)c1. The average molecular weight is 385 g/mol. The fourth-order valence-corrected chi connectivity index (χ4v) is 2.60. The van der Waals surface area contributed by atoms with E-state index in [0.29, 0.717) is 22.2 Å². The highest BCUT2D eigenvalue weighted by molar-refractivity contribution is 6.30. The van der Waals surface area contributed by atoms with Crippen LogP contribution in [0.2, 0.25) is 5.02 Å². The second-order valence-electron chi connectivity index (χ2n) is 7.13. The van der Waals surface area contributed by atoms with E-state index in [2.05, 4.69) is 25.9 Å². The first-order chi connectivity index (χ1) is 12.8. The van der Waals surface area contributed by atoms with Crippen molar-refractivity contribution in [3.63, 3.8) is 0 Å². The average Bonchev–Trinajstić information content (AvgIpc) is 3.06. The molecule has 0 atom stereocenters. The Morgan fingerprint density at radius 3 is 2.41 bits per heavy atom. The minimum atomic E-state index is -0.482. The molecule has 0 N–H and O–H groups in total. The van der Waals surface area contributed by atoms with Gasteiger partial charge in [-0.2, -0.15) is 5.10 Å². The van der Waals surface area contributed by atoms with Gasteiger partial charge in [0.25, 0.3) is 0 Å². The zero-order valence-electron chi connectivity index (χ0n) is 15.7. The maximum atomic E-state index is 12.6. The van der Waals surface area contributed by atoms with Crippen LogP contribution >= 0.6 is 11.6 Å². The summed E-state index contributed by atoms with van der Waals surface area (Å²) in [5.41, 5.74) is 1.76. The Balaban J connectivity index is 1.99. The van der Waals surface area contributed by atoms with E-state index in [1.165, 1.54) is 0 Å². The van der Waals surface area contributed by atoms with E-state index in [-0.39, 0.29) is 5.41 Å². The van der Waals surface area contributed by atoms with E-state index >= 15 is 0 Å². The number of ether oxygens (including phenoxy) is 2. The zero-order valence-corrected chi connectivity index (χ0v) is 16.4. The molecule has 5 nitrogen and oxygen atoms in total. The highest BCUT2D eigenvalue weighted by Crippen LogP contribution is 2.28. The maximum Gasteiger partial charge on any atom is 0.344 e. The molecule has 6 heteroatoms. The van der Waals surface area contributed by atoms with Crippen LogP contribution in [0.4, 0.5) is 0 Å². The summed E-state index contributed by atoms with van der Waals surface area (Å²) in [4.78, 5) is 12.6. The number of nitrogens with zero attached hydrogens (tertiary/aromatic N) is 2. The molecule has 0 saturated heterocycles. The molecule has 27 heavy (non-hydrogen) atoms. The third kappa shape index (κ3) is 4.31. The topological polar surface area (TPSA) is 53.4 Å². The van der Waals surface area contributed by atoms with E-state index in [9.17, 15) is 4.79 Å².